The van der Waals surface area contributed by atoms with E-state index in [0.29, 0.717) is 45.6 Å². The Morgan fingerprint density at radius 3 is 2.24 bits per heavy atom. The zero-order valence-electron chi connectivity index (χ0n) is 28.2. The highest BCUT2D eigenvalue weighted by atomic mass is 79.9. The van der Waals surface area contributed by atoms with Crippen molar-refractivity contribution in [3.05, 3.63) is 118 Å². The third-order valence-corrected chi connectivity index (χ3v) is 10.1. The number of rotatable bonds is 14. The molecule has 0 radical (unpaired) electrons. The Bertz CT molecular complexity index is 2010. The number of carbonyl (C=O) groups excluding carboxylic acids is 3. The molecule has 3 N–H and O–H groups in total. The first kappa shape index (κ1) is 37.2. The molecule has 5 rings (SSSR count). The Hall–Kier alpha value is -5.11. The summed E-state index contributed by atoms with van der Waals surface area (Å²) in [6, 6.07) is 26.9. The van der Waals surface area contributed by atoms with Gasteiger partial charge in [-0.05, 0) is 72.7 Å². The second-order valence-electron chi connectivity index (χ2n) is 10.9. The second-order valence-corrected chi connectivity index (χ2v) is 13.9. The van der Waals surface area contributed by atoms with Crippen LogP contribution in [0.5, 0.6) is 17.2 Å². The van der Waals surface area contributed by atoms with Gasteiger partial charge in [-0.15, -0.1) is 23.1 Å². The number of thiazole rings is 1. The number of nitrogens with zero attached hydrogens (tertiary/aromatic N) is 1. The lowest BCUT2D eigenvalue weighted by molar-refractivity contribution is -0.116. The smallest absolute Gasteiger partial charge is 0.272 e. The predicted octanol–water partition coefficient (Wildman–Crippen LogP) is 8.52. The average Bonchev–Trinajstić information content (AvgIpc) is 3.62. The van der Waals surface area contributed by atoms with Gasteiger partial charge in [0.15, 0.2) is 16.6 Å². The fourth-order valence-electron chi connectivity index (χ4n) is 4.90. The van der Waals surface area contributed by atoms with Crippen molar-refractivity contribution < 1.29 is 28.6 Å². The summed E-state index contributed by atoms with van der Waals surface area (Å²) in [5, 5.41) is 10.6. The fraction of sp³-hybridized carbons (Fsp3) is 0.158. The van der Waals surface area contributed by atoms with Gasteiger partial charge in [0.25, 0.3) is 11.8 Å². The molecule has 10 nitrogen and oxygen atoms in total. The van der Waals surface area contributed by atoms with Crippen LogP contribution < -0.4 is 30.2 Å². The molecule has 0 aliphatic heterocycles. The maximum atomic E-state index is 13.8. The maximum absolute atomic E-state index is 13.8. The van der Waals surface area contributed by atoms with E-state index in [1.54, 1.807) is 60.7 Å². The Morgan fingerprint density at radius 1 is 0.882 bits per heavy atom. The SMILES string of the molecule is CCC(Sc1cccc(NC(=O)/C(=C\c2cc(OC)c(OC)c(OC)c2)NC(=O)c2ccccc2)c1)C(=O)Nc1nc(-c2ccc(Br)cc2)cs1. The fourth-order valence-corrected chi connectivity index (χ4v) is 6.90. The summed E-state index contributed by atoms with van der Waals surface area (Å²) in [5.41, 5.74) is 3.10. The van der Waals surface area contributed by atoms with Crippen LogP contribution in [0, 0.1) is 0 Å². The molecule has 0 spiro atoms. The molecule has 0 saturated heterocycles. The van der Waals surface area contributed by atoms with Gasteiger partial charge in [-0.3, -0.25) is 14.4 Å². The van der Waals surface area contributed by atoms with Gasteiger partial charge in [0, 0.05) is 31.6 Å². The molecule has 51 heavy (non-hydrogen) atoms. The number of carbonyl (C=O) groups is 3. The minimum atomic E-state index is -0.565. The molecule has 5 aromatic rings. The van der Waals surface area contributed by atoms with Gasteiger partial charge in [-0.1, -0.05) is 59.3 Å². The number of ether oxygens (including phenoxy) is 3. The van der Waals surface area contributed by atoms with Crippen LogP contribution in [0.1, 0.15) is 29.3 Å². The van der Waals surface area contributed by atoms with Crippen molar-refractivity contribution in [3.63, 3.8) is 0 Å². The molecule has 0 saturated carbocycles. The third kappa shape index (κ3) is 9.78. The van der Waals surface area contributed by atoms with Gasteiger partial charge in [0.2, 0.25) is 11.7 Å². The van der Waals surface area contributed by atoms with E-state index in [1.165, 1.54) is 50.5 Å². The number of amides is 3. The molecule has 1 atom stereocenters. The highest BCUT2D eigenvalue weighted by Gasteiger charge is 2.21. The molecule has 13 heteroatoms. The Morgan fingerprint density at radius 2 is 1.59 bits per heavy atom. The zero-order valence-corrected chi connectivity index (χ0v) is 31.4. The van der Waals surface area contributed by atoms with Crippen LogP contribution in [0.3, 0.4) is 0 Å². The first-order chi connectivity index (χ1) is 24.7. The van der Waals surface area contributed by atoms with Gasteiger partial charge in [0.1, 0.15) is 5.70 Å². The van der Waals surface area contributed by atoms with Crippen LogP contribution in [0.25, 0.3) is 17.3 Å². The standard InChI is InChI=1S/C38H35BrN4O6S2/c1-5-33(37(46)43-38-42-30(22-50-38)24-14-16-26(39)17-15-24)51-28-13-9-12-27(21-28)40-36(45)29(41-35(44)25-10-7-6-8-11-25)18-23-19-31(47-2)34(49-4)32(20-23)48-3/h6-22,33H,5H2,1-4H3,(H,40,45)(H,41,44)(H,42,43,46)/b29-18+. The van der Waals surface area contributed by atoms with E-state index in [0.717, 1.165) is 20.6 Å². The lowest BCUT2D eigenvalue weighted by atomic mass is 10.1. The number of hydrogen-bond acceptors (Lipinski definition) is 9. The number of hydrogen-bond donors (Lipinski definition) is 3. The molecule has 0 fully saturated rings. The highest BCUT2D eigenvalue weighted by Crippen LogP contribution is 2.39. The summed E-state index contributed by atoms with van der Waals surface area (Å²) in [6.07, 6.45) is 2.09. The average molecular weight is 788 g/mol. The summed E-state index contributed by atoms with van der Waals surface area (Å²) >= 11 is 6.19. The second kappa shape index (κ2) is 17.7. The lowest BCUT2D eigenvalue weighted by Gasteiger charge is -2.16. The lowest BCUT2D eigenvalue weighted by Crippen LogP contribution is -2.30. The van der Waals surface area contributed by atoms with Crippen LogP contribution in [-0.2, 0) is 9.59 Å². The van der Waals surface area contributed by atoms with E-state index >= 15 is 0 Å². The summed E-state index contributed by atoms with van der Waals surface area (Å²) in [5.74, 6) is -0.0392. The van der Waals surface area contributed by atoms with E-state index in [2.05, 4.69) is 36.9 Å². The van der Waals surface area contributed by atoms with Gasteiger partial charge >= 0.3 is 0 Å². The van der Waals surface area contributed by atoms with Crippen molar-refractivity contribution in [2.24, 2.45) is 0 Å². The maximum Gasteiger partial charge on any atom is 0.272 e. The molecular formula is C38H35BrN4O6S2. The minimum Gasteiger partial charge on any atom is -0.493 e. The first-order valence-electron chi connectivity index (χ1n) is 15.7. The Labute approximate surface area is 312 Å². The minimum absolute atomic E-state index is 0.0204. The molecule has 1 heterocycles. The van der Waals surface area contributed by atoms with E-state index in [4.69, 9.17) is 14.2 Å². The van der Waals surface area contributed by atoms with Crippen LogP contribution in [0.15, 0.2) is 111 Å². The van der Waals surface area contributed by atoms with Crippen molar-refractivity contribution in [2.45, 2.75) is 23.5 Å². The number of benzene rings is 4. The van der Waals surface area contributed by atoms with Crippen molar-refractivity contribution in [2.75, 3.05) is 32.0 Å². The first-order valence-corrected chi connectivity index (χ1v) is 18.2. The number of methoxy groups -OCH3 is 3. The summed E-state index contributed by atoms with van der Waals surface area (Å²) in [6.45, 7) is 1.94. The number of aromatic nitrogens is 1. The number of nitrogens with one attached hydrogen (secondary N) is 3. The van der Waals surface area contributed by atoms with E-state index in [-0.39, 0.29) is 11.6 Å². The molecule has 1 aromatic heterocycles. The molecule has 0 aliphatic carbocycles. The van der Waals surface area contributed by atoms with E-state index < -0.39 is 17.1 Å². The van der Waals surface area contributed by atoms with Crippen molar-refractivity contribution in [1.29, 1.82) is 0 Å². The molecule has 3 amide bonds. The number of halogens is 1. The molecule has 1 unspecified atom stereocenters. The van der Waals surface area contributed by atoms with Crippen LogP contribution in [0.4, 0.5) is 10.8 Å². The third-order valence-electron chi connectivity index (χ3n) is 7.43. The van der Waals surface area contributed by atoms with Crippen molar-refractivity contribution in [3.8, 4) is 28.5 Å². The number of anilines is 2. The van der Waals surface area contributed by atoms with Crippen molar-refractivity contribution >= 4 is 73.6 Å². The molecule has 0 bridgehead atoms. The molecular weight excluding hydrogens is 752 g/mol. The van der Waals surface area contributed by atoms with Gasteiger partial charge in [-0.25, -0.2) is 4.98 Å². The number of thioether (sulfide) groups is 1. The van der Waals surface area contributed by atoms with Crippen LogP contribution in [-0.4, -0.2) is 49.3 Å². The highest BCUT2D eigenvalue weighted by molar-refractivity contribution is 9.10. The van der Waals surface area contributed by atoms with Gasteiger partial charge < -0.3 is 30.2 Å². The van der Waals surface area contributed by atoms with Gasteiger partial charge in [-0.2, -0.15) is 0 Å². The Balaban J connectivity index is 1.33. The van der Waals surface area contributed by atoms with Crippen LogP contribution in [0.2, 0.25) is 0 Å². The largest absolute Gasteiger partial charge is 0.493 e. The monoisotopic (exact) mass is 786 g/mol. The normalized spacial score (nSPS) is 11.7. The van der Waals surface area contributed by atoms with Gasteiger partial charge in [0.05, 0.1) is 32.3 Å². The zero-order chi connectivity index (χ0) is 36.3. The molecule has 0 aliphatic rings. The van der Waals surface area contributed by atoms with E-state index in [9.17, 15) is 14.4 Å². The summed E-state index contributed by atoms with van der Waals surface area (Å²) in [7, 11) is 4.49. The summed E-state index contributed by atoms with van der Waals surface area (Å²) < 4.78 is 17.4. The topological polar surface area (TPSA) is 128 Å². The Kier molecular flexibility index (Phi) is 12.9. The molecule has 4 aromatic carbocycles. The van der Waals surface area contributed by atoms with E-state index in [1.807, 2.05) is 42.6 Å². The predicted molar refractivity (Wildman–Crippen MR) is 207 cm³/mol. The molecule has 262 valence electrons. The van der Waals surface area contributed by atoms with Crippen LogP contribution >= 0.6 is 39.0 Å². The quantitative estimate of drug-likeness (QED) is 0.0756. The van der Waals surface area contributed by atoms with Crippen molar-refractivity contribution in [1.82, 2.24) is 10.3 Å². The summed E-state index contributed by atoms with van der Waals surface area (Å²) in [4.78, 5) is 45.6.